The summed E-state index contributed by atoms with van der Waals surface area (Å²) in [7, 11) is -4.10. The van der Waals surface area contributed by atoms with Gasteiger partial charge in [0, 0.05) is 22.3 Å². The first-order chi connectivity index (χ1) is 16.1. The fraction of sp³-hybridized carbons (Fsp3) is 0.200. The molecule has 0 radical (unpaired) electrons. The van der Waals surface area contributed by atoms with Crippen LogP contribution < -0.4 is 10.0 Å². The molecule has 1 heterocycles. The number of sulfonamides is 1. The van der Waals surface area contributed by atoms with Crippen LogP contribution in [0.1, 0.15) is 35.1 Å². The van der Waals surface area contributed by atoms with E-state index >= 15 is 0 Å². The van der Waals surface area contributed by atoms with Crippen molar-refractivity contribution in [2.45, 2.75) is 29.5 Å². The lowest BCUT2D eigenvalue weighted by molar-refractivity contribution is -0.137. The minimum Gasteiger partial charge on any atom is -0.378 e. The van der Waals surface area contributed by atoms with Crippen LogP contribution in [0, 0.1) is 5.92 Å². The third-order valence-corrected chi connectivity index (χ3v) is 8.05. The van der Waals surface area contributed by atoms with Crippen molar-refractivity contribution in [1.29, 1.82) is 0 Å². The van der Waals surface area contributed by atoms with Gasteiger partial charge in [-0.2, -0.15) is 13.2 Å². The van der Waals surface area contributed by atoms with E-state index in [0.29, 0.717) is 5.02 Å². The Morgan fingerprint density at radius 2 is 1.76 bits per heavy atom. The summed E-state index contributed by atoms with van der Waals surface area (Å²) in [6.45, 7) is 0. The van der Waals surface area contributed by atoms with E-state index in [4.69, 9.17) is 11.6 Å². The third-order valence-electron chi connectivity index (χ3n) is 6.33. The molecular weight excluding hydrogens is 485 g/mol. The Hall–Kier alpha value is -2.97. The molecule has 1 aliphatic heterocycles. The number of hydrogen-bond donors (Lipinski definition) is 2. The van der Waals surface area contributed by atoms with Gasteiger partial charge in [0.15, 0.2) is 0 Å². The molecule has 0 saturated carbocycles. The van der Waals surface area contributed by atoms with Gasteiger partial charge in [0.1, 0.15) is 0 Å². The molecule has 3 aromatic carbocycles. The molecule has 2 N–H and O–H groups in total. The summed E-state index contributed by atoms with van der Waals surface area (Å²) < 4.78 is 67.4. The summed E-state index contributed by atoms with van der Waals surface area (Å²) in [6, 6.07) is 16.5. The molecule has 3 aromatic rings. The fourth-order valence-electron chi connectivity index (χ4n) is 4.75. The summed E-state index contributed by atoms with van der Waals surface area (Å²) in [5.74, 6) is 0.142. The van der Waals surface area contributed by atoms with Gasteiger partial charge in [0.05, 0.1) is 16.5 Å². The summed E-state index contributed by atoms with van der Waals surface area (Å²) in [6.07, 6.45) is 0.399. The van der Waals surface area contributed by atoms with Gasteiger partial charge in [-0.1, -0.05) is 48.0 Å². The molecule has 0 saturated heterocycles. The second-order valence-electron chi connectivity index (χ2n) is 8.43. The van der Waals surface area contributed by atoms with Crippen LogP contribution in [-0.2, 0) is 16.2 Å². The first kappa shape index (κ1) is 22.8. The third kappa shape index (κ3) is 4.16. The molecule has 1 aliphatic carbocycles. The first-order valence-electron chi connectivity index (χ1n) is 10.7. The second-order valence-corrected chi connectivity index (χ2v) is 10.5. The molecule has 0 unspecified atom stereocenters. The molecule has 0 fully saturated rings. The zero-order chi connectivity index (χ0) is 24.1. The number of benzene rings is 3. The molecule has 176 valence electrons. The van der Waals surface area contributed by atoms with Gasteiger partial charge in [-0.05, 0) is 65.9 Å². The van der Waals surface area contributed by atoms with Crippen LogP contribution in [0.3, 0.4) is 0 Å². The van der Waals surface area contributed by atoms with Gasteiger partial charge in [0.25, 0.3) is 10.0 Å². The van der Waals surface area contributed by atoms with E-state index in [1.165, 1.54) is 18.2 Å². The summed E-state index contributed by atoms with van der Waals surface area (Å²) in [5.41, 5.74) is 1.54. The molecule has 0 aromatic heterocycles. The molecule has 0 amide bonds. The fourth-order valence-corrected chi connectivity index (χ4v) is 6.09. The second kappa shape index (κ2) is 8.36. The number of rotatable bonds is 4. The molecule has 4 nitrogen and oxygen atoms in total. The van der Waals surface area contributed by atoms with Crippen molar-refractivity contribution >= 4 is 33.0 Å². The number of halogens is 4. The maximum atomic E-state index is 13.0. The molecule has 34 heavy (non-hydrogen) atoms. The van der Waals surface area contributed by atoms with Crippen molar-refractivity contribution in [3.05, 3.63) is 101 Å². The lowest BCUT2D eigenvalue weighted by Crippen LogP contribution is -2.29. The number of allylic oxidation sites excluding steroid dienone is 2. The Kier molecular flexibility index (Phi) is 5.61. The van der Waals surface area contributed by atoms with Gasteiger partial charge in [0.2, 0.25) is 0 Å². The van der Waals surface area contributed by atoms with Crippen molar-refractivity contribution < 1.29 is 21.6 Å². The average molecular weight is 505 g/mol. The van der Waals surface area contributed by atoms with E-state index in [1.54, 1.807) is 12.1 Å². The van der Waals surface area contributed by atoms with E-state index in [0.717, 1.165) is 35.4 Å². The lowest BCUT2D eigenvalue weighted by Gasteiger charge is -2.38. The normalized spacial score (nSPS) is 21.5. The van der Waals surface area contributed by atoms with Gasteiger partial charge in [-0.25, -0.2) is 8.42 Å². The molecular formula is C25H20ClF3N2O2S. The van der Waals surface area contributed by atoms with Gasteiger partial charge < -0.3 is 5.32 Å². The van der Waals surface area contributed by atoms with Crippen molar-refractivity contribution in [2.24, 2.45) is 5.92 Å². The Balaban J connectivity index is 1.47. The highest BCUT2D eigenvalue weighted by Crippen LogP contribution is 2.51. The van der Waals surface area contributed by atoms with Crippen molar-refractivity contribution in [3.8, 4) is 0 Å². The Bertz CT molecular complexity index is 1390. The SMILES string of the molecule is O=S(=O)(Nc1cccc(C(F)(F)F)c1)c1ccc2c(c1)[C@@H]1C=CC[C@H]1[C@H](c1ccccc1Cl)N2. The Labute approximate surface area is 200 Å². The van der Waals surface area contributed by atoms with Crippen LogP contribution in [0.4, 0.5) is 24.5 Å². The van der Waals surface area contributed by atoms with E-state index in [1.807, 2.05) is 24.3 Å². The highest BCUT2D eigenvalue weighted by Gasteiger charge is 2.39. The monoisotopic (exact) mass is 504 g/mol. The summed E-state index contributed by atoms with van der Waals surface area (Å²) in [5, 5.41) is 4.18. The smallest absolute Gasteiger partial charge is 0.378 e. The van der Waals surface area contributed by atoms with Crippen LogP contribution in [0.5, 0.6) is 0 Å². The standard InChI is InChI=1S/C25H20ClF3N2O2S/c26-22-10-2-1-7-20(22)24-19-9-4-8-18(19)21-14-17(11-12-23(21)30-24)34(32,33)31-16-6-3-5-15(13-16)25(27,28)29/h1-8,10-14,18-19,24,30-31H,9H2/t18-,19-,24-/m1/s1. The topological polar surface area (TPSA) is 58.2 Å². The van der Waals surface area contributed by atoms with Crippen LogP contribution in [0.2, 0.25) is 5.02 Å². The quantitative estimate of drug-likeness (QED) is 0.377. The number of alkyl halides is 3. The first-order valence-corrected chi connectivity index (χ1v) is 12.5. The summed E-state index contributed by atoms with van der Waals surface area (Å²) in [4.78, 5) is -0.0132. The van der Waals surface area contributed by atoms with Gasteiger partial charge in [-0.15, -0.1) is 0 Å². The molecule has 3 atom stereocenters. The van der Waals surface area contributed by atoms with E-state index in [2.05, 4.69) is 22.2 Å². The van der Waals surface area contributed by atoms with Crippen LogP contribution in [0.15, 0.2) is 83.8 Å². The number of nitrogens with one attached hydrogen (secondary N) is 2. The summed E-state index contributed by atoms with van der Waals surface area (Å²) >= 11 is 6.46. The lowest BCUT2D eigenvalue weighted by atomic mass is 9.77. The zero-order valence-electron chi connectivity index (χ0n) is 17.7. The number of fused-ring (bicyclic) bond motifs is 3. The number of hydrogen-bond acceptors (Lipinski definition) is 3. The van der Waals surface area contributed by atoms with Crippen molar-refractivity contribution in [3.63, 3.8) is 0 Å². The maximum absolute atomic E-state index is 13.0. The van der Waals surface area contributed by atoms with Crippen LogP contribution >= 0.6 is 11.6 Å². The largest absolute Gasteiger partial charge is 0.416 e. The van der Waals surface area contributed by atoms with E-state index < -0.39 is 21.8 Å². The molecule has 9 heteroatoms. The van der Waals surface area contributed by atoms with Crippen molar-refractivity contribution in [2.75, 3.05) is 10.0 Å². The van der Waals surface area contributed by atoms with Crippen molar-refractivity contribution in [1.82, 2.24) is 0 Å². The van der Waals surface area contributed by atoms with E-state index in [-0.39, 0.29) is 28.5 Å². The van der Waals surface area contributed by atoms with Crippen LogP contribution in [0.25, 0.3) is 0 Å². The highest BCUT2D eigenvalue weighted by molar-refractivity contribution is 7.92. The molecule has 0 bridgehead atoms. The Morgan fingerprint density at radius 3 is 2.53 bits per heavy atom. The van der Waals surface area contributed by atoms with Gasteiger partial charge in [-0.3, -0.25) is 4.72 Å². The average Bonchev–Trinajstić information content (AvgIpc) is 3.28. The predicted octanol–water partition coefficient (Wildman–Crippen LogP) is 6.99. The minimum absolute atomic E-state index is 0.0127. The molecule has 5 rings (SSSR count). The van der Waals surface area contributed by atoms with E-state index in [9.17, 15) is 21.6 Å². The maximum Gasteiger partial charge on any atom is 0.416 e. The highest BCUT2D eigenvalue weighted by atomic mass is 35.5. The number of anilines is 2. The van der Waals surface area contributed by atoms with Crippen LogP contribution in [-0.4, -0.2) is 8.42 Å². The zero-order valence-corrected chi connectivity index (χ0v) is 19.3. The molecule has 2 aliphatic rings. The minimum atomic E-state index is -4.57. The molecule has 0 spiro atoms. The Morgan fingerprint density at radius 1 is 0.971 bits per heavy atom. The van der Waals surface area contributed by atoms with Gasteiger partial charge >= 0.3 is 6.18 Å². The predicted molar refractivity (Wildman–Crippen MR) is 126 cm³/mol.